The summed E-state index contributed by atoms with van der Waals surface area (Å²) in [4.78, 5) is 2.80. The zero-order valence-corrected chi connectivity index (χ0v) is 9.18. The first kappa shape index (κ1) is 9.51. The highest BCUT2D eigenvalue weighted by atomic mass is 15.2. The van der Waals surface area contributed by atoms with E-state index in [0.717, 1.165) is 5.92 Å². The summed E-state index contributed by atoms with van der Waals surface area (Å²) < 4.78 is 0. The van der Waals surface area contributed by atoms with Gasteiger partial charge >= 0.3 is 0 Å². The maximum Gasteiger partial charge on any atom is 0.0239 e. The highest BCUT2D eigenvalue weighted by Crippen LogP contribution is 2.52. The third kappa shape index (κ3) is 1.63. The van der Waals surface area contributed by atoms with Crippen LogP contribution in [-0.4, -0.2) is 23.5 Å². The molecule has 0 aromatic heterocycles. The van der Waals surface area contributed by atoms with E-state index >= 15 is 0 Å². The Morgan fingerprint density at radius 1 is 1.31 bits per heavy atom. The standard InChI is InChI=1S/C12H23N/c1-3-8-13-9-6-4-5-7-12(13)10-11(12)2/h11H,3-10H2,1-2H3/t11-,12?/m1/s1. The molecule has 1 saturated carbocycles. The molecule has 1 unspecified atom stereocenters. The number of nitrogens with zero attached hydrogens (tertiary/aromatic N) is 1. The van der Waals surface area contributed by atoms with E-state index in [1.54, 1.807) is 0 Å². The zero-order chi connectivity index (χ0) is 9.31. The minimum atomic E-state index is 0.673. The minimum Gasteiger partial charge on any atom is -0.297 e. The molecule has 2 aliphatic rings. The Bertz CT molecular complexity index is 178. The molecule has 0 N–H and O–H groups in total. The molecule has 0 aromatic carbocycles. The zero-order valence-electron chi connectivity index (χ0n) is 9.18. The Labute approximate surface area is 82.5 Å². The van der Waals surface area contributed by atoms with Crippen LogP contribution in [-0.2, 0) is 0 Å². The summed E-state index contributed by atoms with van der Waals surface area (Å²) in [5.41, 5.74) is 0.673. The molecule has 1 aliphatic carbocycles. The van der Waals surface area contributed by atoms with Crippen molar-refractivity contribution in [3.05, 3.63) is 0 Å². The van der Waals surface area contributed by atoms with Crippen LogP contribution in [0.3, 0.4) is 0 Å². The average Bonchev–Trinajstić information content (AvgIpc) is 2.80. The van der Waals surface area contributed by atoms with Gasteiger partial charge in [-0.1, -0.05) is 26.7 Å². The number of likely N-dealkylation sites (tertiary alicyclic amines) is 1. The molecule has 76 valence electrons. The summed E-state index contributed by atoms with van der Waals surface area (Å²) >= 11 is 0. The molecule has 0 bridgehead atoms. The van der Waals surface area contributed by atoms with Crippen molar-refractivity contribution in [3.63, 3.8) is 0 Å². The first-order chi connectivity index (χ1) is 6.29. The van der Waals surface area contributed by atoms with Crippen molar-refractivity contribution in [2.24, 2.45) is 5.92 Å². The lowest BCUT2D eigenvalue weighted by atomic mass is 10.1. The highest BCUT2D eigenvalue weighted by Gasteiger charge is 2.54. The van der Waals surface area contributed by atoms with Gasteiger partial charge in [0.25, 0.3) is 0 Å². The molecule has 2 atom stereocenters. The second kappa shape index (κ2) is 3.61. The second-order valence-corrected chi connectivity index (χ2v) is 5.01. The largest absolute Gasteiger partial charge is 0.297 e. The van der Waals surface area contributed by atoms with E-state index in [0.29, 0.717) is 5.54 Å². The molecular weight excluding hydrogens is 158 g/mol. The van der Waals surface area contributed by atoms with E-state index in [1.165, 1.54) is 51.6 Å². The molecule has 1 saturated heterocycles. The summed E-state index contributed by atoms with van der Waals surface area (Å²) in [6.45, 7) is 7.46. The summed E-state index contributed by atoms with van der Waals surface area (Å²) in [5.74, 6) is 0.983. The minimum absolute atomic E-state index is 0.673. The maximum absolute atomic E-state index is 2.80. The van der Waals surface area contributed by atoms with Crippen LogP contribution in [0.5, 0.6) is 0 Å². The molecule has 2 fully saturated rings. The van der Waals surface area contributed by atoms with Crippen LogP contribution in [0.15, 0.2) is 0 Å². The monoisotopic (exact) mass is 181 g/mol. The van der Waals surface area contributed by atoms with Gasteiger partial charge in [-0.15, -0.1) is 0 Å². The van der Waals surface area contributed by atoms with Crippen LogP contribution in [0.25, 0.3) is 0 Å². The van der Waals surface area contributed by atoms with E-state index in [2.05, 4.69) is 18.7 Å². The molecule has 13 heavy (non-hydrogen) atoms. The molecule has 1 heteroatoms. The van der Waals surface area contributed by atoms with E-state index in [4.69, 9.17) is 0 Å². The Balaban J connectivity index is 2.02. The SMILES string of the molecule is CCCN1CCCCCC12C[C@H]2C. The summed E-state index contributed by atoms with van der Waals surface area (Å²) in [7, 11) is 0. The molecular formula is C12H23N. The van der Waals surface area contributed by atoms with Crippen molar-refractivity contribution in [1.82, 2.24) is 4.90 Å². The quantitative estimate of drug-likeness (QED) is 0.633. The smallest absolute Gasteiger partial charge is 0.0239 e. The van der Waals surface area contributed by atoms with Gasteiger partial charge in [-0.3, -0.25) is 4.90 Å². The van der Waals surface area contributed by atoms with Gasteiger partial charge in [0, 0.05) is 5.54 Å². The number of hydrogen-bond acceptors (Lipinski definition) is 1. The van der Waals surface area contributed by atoms with E-state index in [9.17, 15) is 0 Å². The third-order valence-electron chi connectivity index (χ3n) is 4.08. The lowest BCUT2D eigenvalue weighted by Crippen LogP contribution is -2.38. The predicted molar refractivity (Wildman–Crippen MR) is 56.8 cm³/mol. The molecule has 0 radical (unpaired) electrons. The lowest BCUT2D eigenvalue weighted by Gasteiger charge is -2.30. The van der Waals surface area contributed by atoms with Crippen molar-refractivity contribution in [2.75, 3.05) is 13.1 Å². The van der Waals surface area contributed by atoms with Crippen LogP contribution in [0, 0.1) is 5.92 Å². The van der Waals surface area contributed by atoms with Crippen LogP contribution in [0.1, 0.15) is 52.4 Å². The van der Waals surface area contributed by atoms with Gasteiger partial charge in [0.05, 0.1) is 0 Å². The Morgan fingerprint density at radius 3 is 2.69 bits per heavy atom. The molecule has 0 amide bonds. The van der Waals surface area contributed by atoms with Crippen molar-refractivity contribution >= 4 is 0 Å². The number of hydrogen-bond donors (Lipinski definition) is 0. The van der Waals surface area contributed by atoms with Gasteiger partial charge in [-0.25, -0.2) is 0 Å². The summed E-state index contributed by atoms with van der Waals surface area (Å²) in [6, 6.07) is 0. The van der Waals surface area contributed by atoms with Gasteiger partial charge in [-0.2, -0.15) is 0 Å². The normalized spacial score (nSPS) is 40.6. The Hall–Kier alpha value is -0.0400. The first-order valence-corrected chi connectivity index (χ1v) is 6.04. The molecule has 1 aliphatic heterocycles. The van der Waals surface area contributed by atoms with Gasteiger partial charge in [0.2, 0.25) is 0 Å². The molecule has 0 aromatic rings. The Morgan fingerprint density at radius 2 is 2.08 bits per heavy atom. The van der Waals surface area contributed by atoms with Crippen molar-refractivity contribution in [1.29, 1.82) is 0 Å². The van der Waals surface area contributed by atoms with Crippen molar-refractivity contribution < 1.29 is 0 Å². The van der Waals surface area contributed by atoms with Gasteiger partial charge in [-0.05, 0) is 44.7 Å². The van der Waals surface area contributed by atoms with Crippen molar-refractivity contribution in [2.45, 2.75) is 57.9 Å². The van der Waals surface area contributed by atoms with Crippen LogP contribution in [0.4, 0.5) is 0 Å². The van der Waals surface area contributed by atoms with Gasteiger partial charge in [0.15, 0.2) is 0 Å². The third-order valence-corrected chi connectivity index (χ3v) is 4.08. The molecule has 1 heterocycles. The van der Waals surface area contributed by atoms with Gasteiger partial charge in [0.1, 0.15) is 0 Å². The van der Waals surface area contributed by atoms with Gasteiger partial charge < -0.3 is 0 Å². The molecule has 1 spiro atoms. The summed E-state index contributed by atoms with van der Waals surface area (Å²) in [5, 5.41) is 0. The predicted octanol–water partition coefficient (Wildman–Crippen LogP) is 3.05. The fourth-order valence-corrected chi connectivity index (χ4v) is 3.16. The first-order valence-electron chi connectivity index (χ1n) is 6.04. The number of rotatable bonds is 2. The lowest BCUT2D eigenvalue weighted by molar-refractivity contribution is 0.167. The van der Waals surface area contributed by atoms with Crippen LogP contribution in [0.2, 0.25) is 0 Å². The Kier molecular flexibility index (Phi) is 2.64. The molecule has 2 rings (SSSR count). The topological polar surface area (TPSA) is 3.24 Å². The second-order valence-electron chi connectivity index (χ2n) is 5.01. The fourth-order valence-electron chi connectivity index (χ4n) is 3.16. The maximum atomic E-state index is 2.80. The van der Waals surface area contributed by atoms with Crippen molar-refractivity contribution in [3.8, 4) is 0 Å². The van der Waals surface area contributed by atoms with E-state index in [1.807, 2.05) is 0 Å². The van der Waals surface area contributed by atoms with E-state index < -0.39 is 0 Å². The average molecular weight is 181 g/mol. The highest BCUT2D eigenvalue weighted by molar-refractivity contribution is 5.09. The molecule has 1 nitrogen and oxygen atoms in total. The van der Waals surface area contributed by atoms with Crippen LogP contribution < -0.4 is 0 Å². The van der Waals surface area contributed by atoms with Crippen LogP contribution >= 0.6 is 0 Å². The van der Waals surface area contributed by atoms with E-state index in [-0.39, 0.29) is 0 Å². The summed E-state index contributed by atoms with van der Waals surface area (Å²) in [6.07, 6.45) is 8.67. The fraction of sp³-hybridized carbons (Fsp3) is 1.00.